The van der Waals surface area contributed by atoms with Gasteiger partial charge in [-0.25, -0.2) is 8.42 Å². The van der Waals surface area contributed by atoms with Crippen molar-refractivity contribution in [3.05, 3.63) is 28.8 Å². The summed E-state index contributed by atoms with van der Waals surface area (Å²) in [5, 5.41) is 0.314. The molecule has 1 aromatic rings. The van der Waals surface area contributed by atoms with E-state index in [4.69, 9.17) is 11.6 Å². The second-order valence-corrected chi connectivity index (χ2v) is 5.34. The van der Waals surface area contributed by atoms with Gasteiger partial charge in [0.15, 0.2) is 5.78 Å². The highest BCUT2D eigenvalue weighted by atomic mass is 35.5. The maximum Gasteiger partial charge on any atom is 0.229 e. The van der Waals surface area contributed by atoms with Crippen molar-refractivity contribution < 1.29 is 13.2 Å². The molecule has 1 N–H and O–H groups in total. The van der Waals surface area contributed by atoms with Crippen LogP contribution in [-0.4, -0.2) is 20.5 Å². The van der Waals surface area contributed by atoms with Crippen LogP contribution in [0.15, 0.2) is 18.2 Å². The summed E-state index contributed by atoms with van der Waals surface area (Å²) in [5.41, 5.74) is 0.656. The van der Waals surface area contributed by atoms with E-state index in [1.165, 1.54) is 25.1 Å². The van der Waals surface area contributed by atoms with Gasteiger partial charge in [0.25, 0.3) is 0 Å². The van der Waals surface area contributed by atoms with E-state index in [9.17, 15) is 13.2 Å². The lowest BCUT2D eigenvalue weighted by atomic mass is 10.1. The van der Waals surface area contributed by atoms with E-state index in [-0.39, 0.29) is 11.5 Å². The van der Waals surface area contributed by atoms with Crippen molar-refractivity contribution in [1.29, 1.82) is 0 Å². The predicted molar refractivity (Wildman–Crippen MR) is 59.9 cm³/mol. The van der Waals surface area contributed by atoms with Crippen LogP contribution in [0.2, 0.25) is 5.02 Å². The standard InChI is InChI=1S/C9H10ClNO3S/c1-6(12)7-3-8(10)5-9(4-7)11-15(2,13)14/h3-5,11H,1-2H3. The number of benzene rings is 1. The van der Waals surface area contributed by atoms with E-state index in [1.54, 1.807) is 0 Å². The maximum absolute atomic E-state index is 11.1. The molecular weight excluding hydrogens is 238 g/mol. The van der Waals surface area contributed by atoms with Gasteiger partial charge >= 0.3 is 0 Å². The smallest absolute Gasteiger partial charge is 0.229 e. The van der Waals surface area contributed by atoms with Gasteiger partial charge in [0.1, 0.15) is 0 Å². The molecule has 0 saturated heterocycles. The number of carbonyl (C=O) groups excluding carboxylic acids is 1. The molecular formula is C9H10ClNO3S. The van der Waals surface area contributed by atoms with Crippen LogP contribution in [0.1, 0.15) is 17.3 Å². The molecule has 0 amide bonds. The SMILES string of the molecule is CC(=O)c1cc(Cl)cc(NS(C)(=O)=O)c1. The second-order valence-electron chi connectivity index (χ2n) is 3.16. The van der Waals surface area contributed by atoms with E-state index in [1.807, 2.05) is 0 Å². The minimum atomic E-state index is -3.36. The molecule has 0 unspecified atom stereocenters. The topological polar surface area (TPSA) is 63.2 Å². The average molecular weight is 248 g/mol. The average Bonchev–Trinajstić information content (AvgIpc) is 1.99. The Hall–Kier alpha value is -1.07. The number of carbonyl (C=O) groups is 1. The highest BCUT2D eigenvalue weighted by Gasteiger charge is 2.06. The van der Waals surface area contributed by atoms with Crippen LogP contribution < -0.4 is 4.72 Å². The zero-order chi connectivity index (χ0) is 11.6. The Morgan fingerprint density at radius 2 is 1.93 bits per heavy atom. The van der Waals surface area contributed by atoms with Gasteiger partial charge in [0, 0.05) is 10.6 Å². The third-order valence-electron chi connectivity index (χ3n) is 1.61. The predicted octanol–water partition coefficient (Wildman–Crippen LogP) is 1.91. The largest absolute Gasteiger partial charge is 0.295 e. The van der Waals surface area contributed by atoms with Gasteiger partial charge in [0.05, 0.1) is 11.9 Å². The van der Waals surface area contributed by atoms with E-state index in [0.29, 0.717) is 10.6 Å². The second kappa shape index (κ2) is 4.20. The van der Waals surface area contributed by atoms with Gasteiger partial charge in [-0.1, -0.05) is 11.6 Å². The van der Waals surface area contributed by atoms with Crippen LogP contribution in [0.25, 0.3) is 0 Å². The van der Waals surface area contributed by atoms with Gasteiger partial charge in [-0.2, -0.15) is 0 Å². The van der Waals surface area contributed by atoms with Crippen molar-refractivity contribution in [2.45, 2.75) is 6.92 Å². The van der Waals surface area contributed by atoms with Crippen LogP contribution >= 0.6 is 11.6 Å². The number of rotatable bonds is 3. The van der Waals surface area contributed by atoms with E-state index in [0.717, 1.165) is 6.26 Å². The Bertz CT molecular complexity index is 496. The molecule has 0 bridgehead atoms. The number of Topliss-reactive ketones (excluding diaryl/α,β-unsaturated/α-hetero) is 1. The quantitative estimate of drug-likeness (QED) is 0.830. The summed E-state index contributed by atoms with van der Waals surface area (Å²) in [6.07, 6.45) is 1.03. The number of hydrogen-bond acceptors (Lipinski definition) is 3. The minimum Gasteiger partial charge on any atom is -0.295 e. The summed E-state index contributed by atoms with van der Waals surface area (Å²) in [6, 6.07) is 4.36. The Kier molecular flexibility index (Phi) is 3.36. The summed E-state index contributed by atoms with van der Waals surface area (Å²) in [6.45, 7) is 1.38. The van der Waals surface area contributed by atoms with Gasteiger partial charge in [0.2, 0.25) is 10.0 Å². The summed E-state index contributed by atoms with van der Waals surface area (Å²) in [4.78, 5) is 11.1. The molecule has 0 aliphatic heterocycles. The number of nitrogens with one attached hydrogen (secondary N) is 1. The fourth-order valence-electron chi connectivity index (χ4n) is 1.07. The molecule has 0 aromatic heterocycles. The molecule has 6 heteroatoms. The Morgan fingerprint density at radius 3 is 2.40 bits per heavy atom. The zero-order valence-electron chi connectivity index (χ0n) is 8.24. The number of ketones is 1. The molecule has 82 valence electrons. The number of anilines is 1. The Morgan fingerprint density at radius 1 is 1.33 bits per heavy atom. The van der Waals surface area contributed by atoms with Crippen LogP contribution in [0.5, 0.6) is 0 Å². The minimum absolute atomic E-state index is 0.172. The zero-order valence-corrected chi connectivity index (χ0v) is 9.82. The number of halogens is 1. The van der Waals surface area contributed by atoms with Crippen molar-refractivity contribution in [2.75, 3.05) is 11.0 Å². The van der Waals surface area contributed by atoms with E-state index < -0.39 is 10.0 Å². The van der Waals surface area contributed by atoms with Crippen molar-refractivity contribution in [2.24, 2.45) is 0 Å². The molecule has 0 spiro atoms. The third kappa shape index (κ3) is 3.89. The lowest BCUT2D eigenvalue weighted by molar-refractivity contribution is 0.101. The molecule has 0 aliphatic rings. The maximum atomic E-state index is 11.1. The molecule has 1 aromatic carbocycles. The molecule has 0 atom stereocenters. The fourth-order valence-corrected chi connectivity index (χ4v) is 1.85. The first-order valence-corrected chi connectivity index (χ1v) is 6.34. The van der Waals surface area contributed by atoms with Crippen molar-refractivity contribution in [1.82, 2.24) is 0 Å². The van der Waals surface area contributed by atoms with Crippen LogP contribution in [0.3, 0.4) is 0 Å². The third-order valence-corrected chi connectivity index (χ3v) is 2.43. The van der Waals surface area contributed by atoms with E-state index >= 15 is 0 Å². The van der Waals surface area contributed by atoms with Crippen molar-refractivity contribution in [3.63, 3.8) is 0 Å². The summed E-state index contributed by atoms with van der Waals surface area (Å²) < 4.78 is 24.2. The molecule has 0 saturated carbocycles. The van der Waals surface area contributed by atoms with Crippen molar-refractivity contribution >= 4 is 33.1 Å². The lowest BCUT2D eigenvalue weighted by Crippen LogP contribution is -2.10. The summed E-state index contributed by atoms with van der Waals surface area (Å²) in [7, 11) is -3.36. The first-order valence-electron chi connectivity index (χ1n) is 4.07. The fraction of sp³-hybridized carbons (Fsp3) is 0.222. The molecule has 15 heavy (non-hydrogen) atoms. The molecule has 0 radical (unpaired) electrons. The molecule has 0 heterocycles. The first kappa shape index (κ1) is 12.0. The van der Waals surface area contributed by atoms with Crippen LogP contribution in [-0.2, 0) is 10.0 Å². The summed E-state index contributed by atoms with van der Waals surface area (Å²) >= 11 is 5.74. The lowest BCUT2D eigenvalue weighted by Gasteiger charge is -2.05. The van der Waals surface area contributed by atoms with Crippen LogP contribution in [0, 0.1) is 0 Å². The molecule has 0 aliphatic carbocycles. The summed E-state index contributed by atoms with van der Waals surface area (Å²) in [5.74, 6) is -0.172. The normalized spacial score (nSPS) is 11.1. The van der Waals surface area contributed by atoms with Crippen molar-refractivity contribution in [3.8, 4) is 0 Å². The van der Waals surface area contributed by atoms with E-state index in [2.05, 4.69) is 4.72 Å². The molecule has 4 nitrogen and oxygen atoms in total. The first-order chi connectivity index (χ1) is 6.78. The van der Waals surface area contributed by atoms with Gasteiger partial charge < -0.3 is 0 Å². The Labute approximate surface area is 93.3 Å². The number of sulfonamides is 1. The highest BCUT2D eigenvalue weighted by Crippen LogP contribution is 2.20. The molecule has 0 fully saturated rings. The van der Waals surface area contributed by atoms with Gasteiger partial charge in [-0.15, -0.1) is 0 Å². The monoisotopic (exact) mass is 247 g/mol. The van der Waals surface area contributed by atoms with Gasteiger partial charge in [-0.3, -0.25) is 9.52 Å². The highest BCUT2D eigenvalue weighted by molar-refractivity contribution is 7.92. The van der Waals surface area contributed by atoms with Gasteiger partial charge in [-0.05, 0) is 25.1 Å². The van der Waals surface area contributed by atoms with Crippen LogP contribution in [0.4, 0.5) is 5.69 Å². The molecule has 1 rings (SSSR count). The Balaban J connectivity index is 3.15. The number of hydrogen-bond donors (Lipinski definition) is 1.